The molecule has 0 aliphatic carbocycles. The van der Waals surface area contributed by atoms with E-state index in [1.54, 1.807) is 0 Å². The van der Waals surface area contributed by atoms with Gasteiger partial charge in [0.2, 0.25) is 0 Å². The summed E-state index contributed by atoms with van der Waals surface area (Å²) in [5.41, 5.74) is 5.21. The zero-order chi connectivity index (χ0) is 8.69. The van der Waals surface area contributed by atoms with Crippen LogP contribution in [0, 0.1) is 0 Å². The van der Waals surface area contributed by atoms with E-state index in [9.17, 15) is 9.59 Å². The minimum atomic E-state index is -0.976. The van der Waals surface area contributed by atoms with Crippen molar-refractivity contribution in [2.75, 3.05) is 0 Å². The molecule has 0 radical (unpaired) electrons. The van der Waals surface area contributed by atoms with Crippen LogP contribution in [0.15, 0.2) is 0 Å². The summed E-state index contributed by atoms with van der Waals surface area (Å²) in [6.45, 7) is 0. The Kier molecular flexibility index (Phi) is 5.37. The number of carboxylic acid groups (broad SMARTS) is 1. The van der Waals surface area contributed by atoms with Gasteiger partial charge in [-0.3, -0.25) is 4.79 Å². The first-order valence-corrected chi connectivity index (χ1v) is 3.60. The monoisotopic (exact) mass is 159 g/mol. The fourth-order valence-electron chi connectivity index (χ4n) is 0.715. The molecule has 0 amide bonds. The van der Waals surface area contributed by atoms with Crippen LogP contribution < -0.4 is 5.73 Å². The topological polar surface area (TPSA) is 80.4 Å². The summed E-state index contributed by atoms with van der Waals surface area (Å²) in [4.78, 5) is 20.0. The van der Waals surface area contributed by atoms with Crippen molar-refractivity contribution in [1.82, 2.24) is 0 Å². The lowest BCUT2D eigenvalue weighted by molar-refractivity contribution is -0.138. The molecule has 0 saturated carbocycles. The van der Waals surface area contributed by atoms with Gasteiger partial charge in [-0.25, -0.2) is 0 Å². The van der Waals surface area contributed by atoms with Crippen molar-refractivity contribution in [3.05, 3.63) is 0 Å². The number of unbranched alkanes of at least 4 members (excludes halogenated alkanes) is 2. The fourth-order valence-corrected chi connectivity index (χ4v) is 0.715. The summed E-state index contributed by atoms with van der Waals surface area (Å²) in [6.07, 6.45) is 3.19. The highest BCUT2D eigenvalue weighted by Crippen LogP contribution is 2.00. The van der Waals surface area contributed by atoms with Gasteiger partial charge in [0.25, 0.3) is 0 Å². The van der Waals surface area contributed by atoms with Crippen molar-refractivity contribution in [2.45, 2.75) is 31.7 Å². The van der Waals surface area contributed by atoms with E-state index in [4.69, 9.17) is 10.8 Å². The van der Waals surface area contributed by atoms with Crippen molar-refractivity contribution in [3.63, 3.8) is 0 Å². The van der Waals surface area contributed by atoms with Crippen LogP contribution in [0.2, 0.25) is 0 Å². The average Bonchev–Trinajstić information content (AvgIpc) is 1.97. The van der Waals surface area contributed by atoms with Crippen LogP contribution >= 0.6 is 0 Å². The van der Waals surface area contributed by atoms with Gasteiger partial charge in [0.05, 0.1) is 0 Å². The first-order valence-electron chi connectivity index (χ1n) is 3.60. The van der Waals surface area contributed by atoms with Crippen molar-refractivity contribution in [1.29, 1.82) is 0 Å². The van der Waals surface area contributed by atoms with E-state index in [1.807, 2.05) is 0 Å². The van der Waals surface area contributed by atoms with Crippen LogP contribution in [0.5, 0.6) is 0 Å². The van der Waals surface area contributed by atoms with Gasteiger partial charge in [-0.15, -0.1) is 0 Å². The van der Waals surface area contributed by atoms with Crippen LogP contribution in [0.3, 0.4) is 0 Å². The molecule has 0 aromatic carbocycles. The Labute approximate surface area is 65.4 Å². The van der Waals surface area contributed by atoms with Crippen molar-refractivity contribution >= 4 is 12.3 Å². The Bertz CT molecular complexity index is 136. The zero-order valence-electron chi connectivity index (χ0n) is 6.32. The molecule has 0 rings (SSSR count). The Morgan fingerprint density at radius 2 is 2.18 bits per heavy atom. The number of hydrogen-bond donors (Lipinski definition) is 2. The minimum Gasteiger partial charge on any atom is -0.480 e. The molecule has 0 aliphatic rings. The predicted octanol–water partition coefficient (Wildman–Crippen LogP) is 0.158. The van der Waals surface area contributed by atoms with Gasteiger partial charge in [0.1, 0.15) is 12.3 Å². The Morgan fingerprint density at radius 3 is 2.64 bits per heavy atom. The van der Waals surface area contributed by atoms with E-state index < -0.39 is 12.0 Å². The molecule has 11 heavy (non-hydrogen) atoms. The average molecular weight is 159 g/mol. The SMILES string of the molecule is N[C@@H](CCCCC=O)C(=O)O. The second kappa shape index (κ2) is 5.85. The highest BCUT2D eigenvalue weighted by molar-refractivity contribution is 5.72. The molecule has 0 spiro atoms. The molecule has 0 aliphatic heterocycles. The third-order valence-corrected chi connectivity index (χ3v) is 1.40. The van der Waals surface area contributed by atoms with Gasteiger partial charge in [-0.05, 0) is 12.8 Å². The van der Waals surface area contributed by atoms with E-state index in [2.05, 4.69) is 0 Å². The summed E-state index contributed by atoms with van der Waals surface area (Å²) < 4.78 is 0. The summed E-state index contributed by atoms with van der Waals surface area (Å²) in [7, 11) is 0. The summed E-state index contributed by atoms with van der Waals surface area (Å²) >= 11 is 0. The molecule has 0 heterocycles. The maximum Gasteiger partial charge on any atom is 0.320 e. The number of carbonyl (C=O) groups is 2. The van der Waals surface area contributed by atoms with Crippen molar-refractivity contribution < 1.29 is 14.7 Å². The highest BCUT2D eigenvalue weighted by atomic mass is 16.4. The summed E-state index contributed by atoms with van der Waals surface area (Å²) in [6, 6.07) is -0.776. The lowest BCUT2D eigenvalue weighted by Crippen LogP contribution is -2.29. The maximum atomic E-state index is 10.2. The largest absolute Gasteiger partial charge is 0.480 e. The molecule has 0 saturated heterocycles. The number of carbonyl (C=O) groups excluding carboxylic acids is 1. The minimum absolute atomic E-state index is 0.448. The number of nitrogens with two attached hydrogens (primary N) is 1. The van der Waals surface area contributed by atoms with E-state index in [0.29, 0.717) is 19.3 Å². The molecule has 0 bridgehead atoms. The fraction of sp³-hybridized carbons (Fsp3) is 0.714. The number of aliphatic carboxylic acids is 1. The molecule has 4 nitrogen and oxygen atoms in total. The van der Waals surface area contributed by atoms with Gasteiger partial charge in [0.15, 0.2) is 0 Å². The molecular weight excluding hydrogens is 146 g/mol. The molecule has 0 fully saturated rings. The first kappa shape index (κ1) is 10.1. The molecule has 0 unspecified atom stereocenters. The molecule has 64 valence electrons. The van der Waals surface area contributed by atoms with Gasteiger partial charge < -0.3 is 15.6 Å². The van der Waals surface area contributed by atoms with E-state index in [0.717, 1.165) is 12.7 Å². The third-order valence-electron chi connectivity index (χ3n) is 1.40. The molecular formula is C7H13NO3. The lowest BCUT2D eigenvalue weighted by Gasteiger charge is -2.03. The number of carboxylic acids is 1. The Balaban J connectivity index is 3.24. The zero-order valence-corrected chi connectivity index (χ0v) is 6.32. The van der Waals surface area contributed by atoms with Gasteiger partial charge in [-0.2, -0.15) is 0 Å². The van der Waals surface area contributed by atoms with Crippen LogP contribution in [0.1, 0.15) is 25.7 Å². The Morgan fingerprint density at radius 1 is 1.55 bits per heavy atom. The van der Waals surface area contributed by atoms with Crippen LogP contribution in [0.25, 0.3) is 0 Å². The Hall–Kier alpha value is -0.900. The predicted molar refractivity (Wildman–Crippen MR) is 40.1 cm³/mol. The van der Waals surface area contributed by atoms with E-state index >= 15 is 0 Å². The maximum absolute atomic E-state index is 10.2. The van der Waals surface area contributed by atoms with Gasteiger partial charge in [-0.1, -0.05) is 6.42 Å². The molecule has 3 N–H and O–H groups in total. The molecule has 0 aromatic rings. The highest BCUT2D eigenvalue weighted by Gasteiger charge is 2.09. The van der Waals surface area contributed by atoms with Crippen LogP contribution in [0.4, 0.5) is 0 Å². The van der Waals surface area contributed by atoms with E-state index in [1.165, 1.54) is 0 Å². The van der Waals surface area contributed by atoms with Gasteiger partial charge >= 0.3 is 5.97 Å². The summed E-state index contributed by atoms with van der Waals surface area (Å²) in [5.74, 6) is -0.976. The molecule has 0 aromatic heterocycles. The standard InChI is InChI=1S/C7H13NO3/c8-6(7(10)11)4-2-1-3-5-9/h5-6H,1-4,8H2,(H,10,11)/t6-/m0/s1. The second-order valence-corrected chi connectivity index (χ2v) is 2.40. The van der Waals surface area contributed by atoms with Crippen LogP contribution in [-0.2, 0) is 9.59 Å². The van der Waals surface area contributed by atoms with Gasteiger partial charge in [0, 0.05) is 6.42 Å². The normalized spacial score (nSPS) is 12.5. The number of aldehydes is 1. The quantitative estimate of drug-likeness (QED) is 0.427. The summed E-state index contributed by atoms with van der Waals surface area (Å²) in [5, 5.41) is 8.34. The lowest BCUT2D eigenvalue weighted by atomic mass is 10.1. The number of rotatable bonds is 6. The van der Waals surface area contributed by atoms with Crippen molar-refractivity contribution in [3.8, 4) is 0 Å². The second-order valence-electron chi connectivity index (χ2n) is 2.40. The first-order chi connectivity index (χ1) is 5.18. The smallest absolute Gasteiger partial charge is 0.320 e. The van der Waals surface area contributed by atoms with Crippen LogP contribution in [-0.4, -0.2) is 23.4 Å². The molecule has 1 atom stereocenters. The number of hydrogen-bond acceptors (Lipinski definition) is 3. The third kappa shape index (κ3) is 5.54. The van der Waals surface area contributed by atoms with E-state index in [-0.39, 0.29) is 0 Å². The van der Waals surface area contributed by atoms with Crippen molar-refractivity contribution in [2.24, 2.45) is 5.73 Å². The molecule has 4 heteroatoms.